The fourth-order valence-electron chi connectivity index (χ4n) is 2.84. The van der Waals surface area contributed by atoms with E-state index < -0.39 is 5.60 Å². The zero-order valence-corrected chi connectivity index (χ0v) is 14.6. The standard InChI is InChI=1S/C18H28N2O3/c1-18(2,3)23-17(22)20-9-6-5-7-13-12-16(21)15(19-4)11-14(13)8-10-20/h11-12,19,21H,5-10H2,1-4H3. The molecule has 1 aliphatic heterocycles. The van der Waals surface area contributed by atoms with E-state index in [2.05, 4.69) is 5.32 Å². The van der Waals surface area contributed by atoms with E-state index in [1.807, 2.05) is 32.9 Å². The number of anilines is 1. The minimum atomic E-state index is -0.474. The molecule has 1 amide bonds. The number of carbonyl (C=O) groups is 1. The maximum atomic E-state index is 12.3. The van der Waals surface area contributed by atoms with Crippen LogP contribution < -0.4 is 5.32 Å². The van der Waals surface area contributed by atoms with E-state index in [1.54, 1.807) is 11.9 Å². The van der Waals surface area contributed by atoms with Gasteiger partial charge in [0.05, 0.1) is 5.69 Å². The number of aryl methyl sites for hydroxylation is 1. The molecule has 0 aliphatic carbocycles. The average molecular weight is 320 g/mol. The van der Waals surface area contributed by atoms with Crippen LogP contribution in [0.2, 0.25) is 0 Å². The summed E-state index contributed by atoms with van der Waals surface area (Å²) in [5.41, 5.74) is 2.61. The molecule has 0 unspecified atom stereocenters. The summed E-state index contributed by atoms with van der Waals surface area (Å²) in [5, 5.41) is 13.0. The summed E-state index contributed by atoms with van der Waals surface area (Å²) in [7, 11) is 1.80. The highest BCUT2D eigenvalue weighted by atomic mass is 16.6. The van der Waals surface area contributed by atoms with Crippen molar-refractivity contribution in [2.24, 2.45) is 0 Å². The monoisotopic (exact) mass is 320 g/mol. The van der Waals surface area contributed by atoms with Crippen molar-refractivity contribution in [2.75, 3.05) is 25.5 Å². The molecule has 5 heteroatoms. The van der Waals surface area contributed by atoms with Crippen molar-refractivity contribution in [3.05, 3.63) is 23.3 Å². The molecule has 0 bridgehead atoms. The lowest BCUT2D eigenvalue weighted by atomic mass is 9.99. The highest BCUT2D eigenvalue weighted by Crippen LogP contribution is 2.29. The quantitative estimate of drug-likeness (QED) is 0.777. The van der Waals surface area contributed by atoms with Crippen molar-refractivity contribution in [1.82, 2.24) is 4.90 Å². The Labute approximate surface area is 138 Å². The molecule has 2 N–H and O–H groups in total. The normalized spacial score (nSPS) is 15.9. The molecule has 1 heterocycles. The van der Waals surface area contributed by atoms with Gasteiger partial charge in [-0.05, 0) is 69.7 Å². The highest BCUT2D eigenvalue weighted by molar-refractivity contribution is 5.68. The van der Waals surface area contributed by atoms with Crippen molar-refractivity contribution >= 4 is 11.8 Å². The van der Waals surface area contributed by atoms with Crippen LogP contribution >= 0.6 is 0 Å². The Hall–Kier alpha value is -1.91. The number of benzene rings is 1. The molecule has 2 rings (SSSR count). The van der Waals surface area contributed by atoms with Gasteiger partial charge in [-0.15, -0.1) is 0 Å². The van der Waals surface area contributed by atoms with E-state index in [1.165, 1.54) is 11.1 Å². The summed E-state index contributed by atoms with van der Waals surface area (Å²) in [6.07, 6.45) is 3.38. The second-order valence-electron chi connectivity index (χ2n) is 7.06. The van der Waals surface area contributed by atoms with E-state index in [-0.39, 0.29) is 11.8 Å². The smallest absolute Gasteiger partial charge is 0.410 e. The third-order valence-electron chi connectivity index (χ3n) is 4.01. The van der Waals surface area contributed by atoms with Crippen LogP contribution in [-0.2, 0) is 17.6 Å². The lowest BCUT2D eigenvalue weighted by molar-refractivity contribution is 0.0250. The van der Waals surface area contributed by atoms with E-state index >= 15 is 0 Å². The molecule has 5 nitrogen and oxygen atoms in total. The Morgan fingerprint density at radius 2 is 1.87 bits per heavy atom. The summed E-state index contributed by atoms with van der Waals surface area (Å²) in [6, 6.07) is 3.84. The highest BCUT2D eigenvalue weighted by Gasteiger charge is 2.23. The number of rotatable bonds is 1. The van der Waals surface area contributed by atoms with Crippen LogP contribution in [0.15, 0.2) is 12.1 Å². The van der Waals surface area contributed by atoms with Crippen LogP contribution in [0.1, 0.15) is 44.7 Å². The molecular formula is C18H28N2O3. The molecule has 1 aliphatic rings. The first-order chi connectivity index (χ1) is 10.8. The zero-order valence-electron chi connectivity index (χ0n) is 14.6. The van der Waals surface area contributed by atoms with Crippen LogP contribution in [-0.4, -0.2) is 41.8 Å². The molecule has 0 fully saturated rings. The van der Waals surface area contributed by atoms with E-state index in [0.29, 0.717) is 13.1 Å². The van der Waals surface area contributed by atoms with Gasteiger partial charge in [0.25, 0.3) is 0 Å². The van der Waals surface area contributed by atoms with Gasteiger partial charge in [-0.2, -0.15) is 0 Å². The van der Waals surface area contributed by atoms with E-state index in [0.717, 1.165) is 31.4 Å². The number of nitrogens with one attached hydrogen (secondary N) is 1. The third kappa shape index (κ3) is 4.78. The molecule has 0 atom stereocenters. The van der Waals surface area contributed by atoms with Gasteiger partial charge in [0.1, 0.15) is 11.4 Å². The SMILES string of the molecule is CNc1cc2c(cc1O)CCCCN(C(=O)OC(C)(C)C)CC2. The fourth-order valence-corrected chi connectivity index (χ4v) is 2.84. The molecular weight excluding hydrogens is 292 g/mol. The fraction of sp³-hybridized carbons (Fsp3) is 0.611. The average Bonchev–Trinajstić information content (AvgIpc) is 2.54. The predicted molar refractivity (Wildman–Crippen MR) is 92.1 cm³/mol. The number of amides is 1. The summed E-state index contributed by atoms with van der Waals surface area (Å²) in [4.78, 5) is 14.1. The summed E-state index contributed by atoms with van der Waals surface area (Å²) < 4.78 is 5.50. The summed E-state index contributed by atoms with van der Waals surface area (Å²) in [6.45, 7) is 7.01. The van der Waals surface area contributed by atoms with Crippen LogP contribution in [0, 0.1) is 0 Å². The zero-order chi connectivity index (χ0) is 17.0. The van der Waals surface area contributed by atoms with Gasteiger partial charge >= 0.3 is 6.09 Å². The number of phenols is 1. The second-order valence-corrected chi connectivity index (χ2v) is 7.06. The van der Waals surface area contributed by atoms with Crippen molar-refractivity contribution in [3.63, 3.8) is 0 Å². The molecule has 0 spiro atoms. The number of fused-ring (bicyclic) bond motifs is 1. The van der Waals surface area contributed by atoms with Gasteiger partial charge < -0.3 is 20.1 Å². The number of nitrogens with zero attached hydrogens (tertiary/aromatic N) is 1. The first kappa shape index (κ1) is 17.4. The topological polar surface area (TPSA) is 61.8 Å². The lowest BCUT2D eigenvalue weighted by Crippen LogP contribution is -2.38. The van der Waals surface area contributed by atoms with Gasteiger partial charge in [0.2, 0.25) is 0 Å². The Morgan fingerprint density at radius 1 is 1.17 bits per heavy atom. The molecule has 128 valence electrons. The van der Waals surface area contributed by atoms with Gasteiger partial charge in [0.15, 0.2) is 0 Å². The lowest BCUT2D eigenvalue weighted by Gasteiger charge is -2.27. The largest absolute Gasteiger partial charge is 0.506 e. The van der Waals surface area contributed by atoms with Crippen molar-refractivity contribution < 1.29 is 14.6 Å². The van der Waals surface area contributed by atoms with E-state index in [9.17, 15) is 9.90 Å². The Morgan fingerprint density at radius 3 is 2.52 bits per heavy atom. The first-order valence-electron chi connectivity index (χ1n) is 8.30. The molecule has 0 radical (unpaired) electrons. The van der Waals surface area contributed by atoms with E-state index in [4.69, 9.17) is 4.74 Å². The number of ether oxygens (including phenoxy) is 1. The summed E-state index contributed by atoms with van der Waals surface area (Å²) in [5.74, 6) is 0.287. The number of phenolic OH excluding ortho intramolecular Hbond substituents is 1. The Bertz CT molecular complexity index is 564. The Kier molecular flexibility index (Phi) is 5.39. The van der Waals surface area contributed by atoms with Crippen molar-refractivity contribution in [3.8, 4) is 5.75 Å². The number of aromatic hydroxyl groups is 1. The van der Waals surface area contributed by atoms with Gasteiger partial charge in [0, 0.05) is 20.1 Å². The van der Waals surface area contributed by atoms with Crippen LogP contribution in [0.25, 0.3) is 0 Å². The van der Waals surface area contributed by atoms with Gasteiger partial charge in [-0.1, -0.05) is 0 Å². The molecule has 1 aromatic rings. The second kappa shape index (κ2) is 7.11. The molecule has 0 saturated carbocycles. The number of hydrogen-bond donors (Lipinski definition) is 2. The Balaban J connectivity index is 2.16. The number of hydrogen-bond acceptors (Lipinski definition) is 4. The maximum Gasteiger partial charge on any atom is 0.410 e. The van der Waals surface area contributed by atoms with Crippen molar-refractivity contribution in [1.29, 1.82) is 0 Å². The minimum absolute atomic E-state index is 0.242. The molecule has 23 heavy (non-hydrogen) atoms. The predicted octanol–water partition coefficient (Wildman–Crippen LogP) is 3.55. The maximum absolute atomic E-state index is 12.3. The van der Waals surface area contributed by atoms with Gasteiger partial charge in [-0.3, -0.25) is 0 Å². The van der Waals surface area contributed by atoms with Crippen LogP contribution in [0.4, 0.5) is 10.5 Å². The number of carbonyl (C=O) groups excluding carboxylic acids is 1. The van der Waals surface area contributed by atoms with Crippen molar-refractivity contribution in [2.45, 2.75) is 52.1 Å². The summed E-state index contributed by atoms with van der Waals surface area (Å²) >= 11 is 0. The van der Waals surface area contributed by atoms with Crippen LogP contribution in [0.3, 0.4) is 0 Å². The third-order valence-corrected chi connectivity index (χ3v) is 4.01. The molecule has 1 aromatic carbocycles. The molecule has 0 saturated heterocycles. The molecule has 0 aromatic heterocycles. The first-order valence-corrected chi connectivity index (χ1v) is 8.30. The minimum Gasteiger partial charge on any atom is -0.506 e. The van der Waals surface area contributed by atoms with Gasteiger partial charge in [-0.25, -0.2) is 4.79 Å². The van der Waals surface area contributed by atoms with Crippen LogP contribution in [0.5, 0.6) is 5.75 Å².